The van der Waals surface area contributed by atoms with Gasteiger partial charge in [0.05, 0.1) is 17.2 Å². The molecule has 1 aromatic carbocycles. The molecule has 4 rings (SSSR count). The second-order valence-corrected chi connectivity index (χ2v) is 10.2. The van der Waals surface area contributed by atoms with E-state index in [2.05, 4.69) is 12.2 Å². The molecular formula is C23H24ClNO3S2. The van der Waals surface area contributed by atoms with Crippen LogP contribution < -0.4 is 5.32 Å². The Morgan fingerprint density at radius 2 is 2.07 bits per heavy atom. The number of carbonyl (C=O) groups is 2. The molecular weight excluding hydrogens is 438 g/mol. The number of esters is 1. The summed E-state index contributed by atoms with van der Waals surface area (Å²) in [7, 11) is 0. The van der Waals surface area contributed by atoms with Gasteiger partial charge >= 0.3 is 5.97 Å². The van der Waals surface area contributed by atoms with Crippen molar-refractivity contribution in [2.75, 3.05) is 11.9 Å². The number of thiophene rings is 2. The van der Waals surface area contributed by atoms with Crippen molar-refractivity contribution in [2.24, 2.45) is 5.92 Å². The third kappa shape index (κ3) is 3.88. The van der Waals surface area contributed by atoms with Gasteiger partial charge in [0.25, 0.3) is 5.91 Å². The molecule has 4 nitrogen and oxygen atoms in total. The highest BCUT2D eigenvalue weighted by Gasteiger charge is 2.30. The predicted octanol–water partition coefficient (Wildman–Crippen LogP) is 6.87. The van der Waals surface area contributed by atoms with Crippen LogP contribution in [-0.4, -0.2) is 18.5 Å². The molecule has 0 fully saturated rings. The Morgan fingerprint density at radius 1 is 1.27 bits per heavy atom. The van der Waals surface area contributed by atoms with Crippen molar-refractivity contribution < 1.29 is 14.3 Å². The van der Waals surface area contributed by atoms with Crippen LogP contribution in [0.5, 0.6) is 0 Å². The Bertz CT molecular complexity index is 1130. The SMILES string of the molecule is CCOC(=O)c1c(NC(=O)c2sc3cc(C)ccc3c2Cl)sc2c1CCC(CC)C2. The van der Waals surface area contributed by atoms with Gasteiger partial charge in [0.2, 0.25) is 0 Å². The average Bonchev–Trinajstić information content (AvgIpc) is 3.24. The van der Waals surface area contributed by atoms with Gasteiger partial charge in [-0.05, 0) is 56.2 Å². The highest BCUT2D eigenvalue weighted by atomic mass is 35.5. The van der Waals surface area contributed by atoms with Gasteiger partial charge in [0, 0.05) is 15.0 Å². The van der Waals surface area contributed by atoms with E-state index in [1.54, 1.807) is 6.92 Å². The lowest BCUT2D eigenvalue weighted by atomic mass is 9.85. The standard InChI is InChI=1S/C23H24ClNO3S2/c1-4-13-7-9-14-17(11-13)30-22(18(14)23(27)28-5-2)25-21(26)20-19(24)15-8-6-12(3)10-16(15)29-20/h6,8,10,13H,4-5,7,9,11H2,1-3H3,(H,25,26). The Kier molecular flexibility index (Phi) is 6.19. The number of rotatable bonds is 5. The summed E-state index contributed by atoms with van der Waals surface area (Å²) in [5.74, 6) is -0.0247. The minimum absolute atomic E-state index is 0.282. The molecule has 158 valence electrons. The first-order chi connectivity index (χ1) is 14.4. The van der Waals surface area contributed by atoms with Gasteiger partial charge in [-0.15, -0.1) is 22.7 Å². The predicted molar refractivity (Wildman–Crippen MR) is 126 cm³/mol. The lowest BCUT2D eigenvalue weighted by Crippen LogP contribution is -2.17. The second kappa shape index (κ2) is 8.69. The number of hydrogen-bond donors (Lipinski definition) is 1. The lowest BCUT2D eigenvalue weighted by Gasteiger charge is -2.20. The summed E-state index contributed by atoms with van der Waals surface area (Å²) in [6, 6.07) is 5.96. The van der Waals surface area contributed by atoms with Crippen molar-refractivity contribution in [2.45, 2.75) is 46.5 Å². The molecule has 0 spiro atoms. The number of fused-ring (bicyclic) bond motifs is 2. The molecule has 0 aliphatic heterocycles. The molecule has 1 unspecified atom stereocenters. The Labute approximate surface area is 189 Å². The number of aryl methyl sites for hydroxylation is 1. The molecule has 2 heterocycles. The first-order valence-electron chi connectivity index (χ1n) is 10.2. The van der Waals surface area contributed by atoms with Crippen LogP contribution in [0.4, 0.5) is 5.00 Å². The zero-order valence-corrected chi connectivity index (χ0v) is 19.7. The first-order valence-corrected chi connectivity index (χ1v) is 12.3. The fourth-order valence-electron chi connectivity index (χ4n) is 3.99. The smallest absolute Gasteiger partial charge is 0.341 e. The molecule has 1 atom stereocenters. The molecule has 0 saturated heterocycles. The van der Waals surface area contributed by atoms with Gasteiger partial charge in [-0.2, -0.15) is 0 Å². The van der Waals surface area contributed by atoms with Crippen LogP contribution in [0.2, 0.25) is 5.02 Å². The van der Waals surface area contributed by atoms with Crippen LogP contribution in [0.15, 0.2) is 18.2 Å². The van der Waals surface area contributed by atoms with E-state index in [1.165, 1.54) is 27.6 Å². The van der Waals surface area contributed by atoms with E-state index in [4.69, 9.17) is 16.3 Å². The molecule has 30 heavy (non-hydrogen) atoms. The van der Waals surface area contributed by atoms with Crippen LogP contribution in [0, 0.1) is 12.8 Å². The van der Waals surface area contributed by atoms with Gasteiger partial charge in [-0.25, -0.2) is 4.79 Å². The minimum atomic E-state index is -0.363. The molecule has 1 amide bonds. The molecule has 3 aromatic rings. The van der Waals surface area contributed by atoms with Crippen LogP contribution in [0.3, 0.4) is 0 Å². The van der Waals surface area contributed by atoms with Gasteiger partial charge in [-0.3, -0.25) is 4.79 Å². The number of benzene rings is 1. The summed E-state index contributed by atoms with van der Waals surface area (Å²) in [6.45, 7) is 6.30. The summed E-state index contributed by atoms with van der Waals surface area (Å²) in [4.78, 5) is 27.5. The largest absolute Gasteiger partial charge is 0.462 e. The number of ether oxygens (including phenoxy) is 1. The van der Waals surface area contributed by atoms with E-state index in [-0.39, 0.29) is 11.9 Å². The zero-order valence-electron chi connectivity index (χ0n) is 17.3. The zero-order chi connectivity index (χ0) is 21.4. The Hall–Kier alpha value is -1.89. The van der Waals surface area contributed by atoms with E-state index in [0.29, 0.717) is 33.0 Å². The summed E-state index contributed by atoms with van der Waals surface area (Å²) in [5.41, 5.74) is 2.68. The highest BCUT2D eigenvalue weighted by molar-refractivity contribution is 7.22. The van der Waals surface area contributed by atoms with Crippen LogP contribution in [-0.2, 0) is 17.6 Å². The molecule has 1 N–H and O–H groups in total. The molecule has 0 saturated carbocycles. The number of carbonyl (C=O) groups excluding carboxylic acids is 2. The van der Waals surface area contributed by atoms with E-state index >= 15 is 0 Å². The van der Waals surface area contributed by atoms with Gasteiger partial charge in [0.1, 0.15) is 9.88 Å². The highest BCUT2D eigenvalue weighted by Crippen LogP contribution is 2.42. The lowest BCUT2D eigenvalue weighted by molar-refractivity contribution is 0.0526. The fraction of sp³-hybridized carbons (Fsp3) is 0.391. The van der Waals surface area contributed by atoms with Crippen molar-refractivity contribution in [3.63, 3.8) is 0 Å². The van der Waals surface area contributed by atoms with Crippen LogP contribution in [0.25, 0.3) is 10.1 Å². The van der Waals surface area contributed by atoms with E-state index in [1.807, 2.05) is 25.1 Å². The molecule has 0 bridgehead atoms. The maximum Gasteiger partial charge on any atom is 0.341 e. The molecule has 7 heteroatoms. The minimum Gasteiger partial charge on any atom is -0.462 e. The van der Waals surface area contributed by atoms with Crippen LogP contribution >= 0.6 is 34.3 Å². The van der Waals surface area contributed by atoms with Crippen LogP contribution in [0.1, 0.15) is 62.7 Å². The molecule has 0 radical (unpaired) electrons. The molecule has 1 aliphatic carbocycles. The number of nitrogens with one attached hydrogen (secondary N) is 1. The number of hydrogen-bond acceptors (Lipinski definition) is 5. The van der Waals surface area contributed by atoms with E-state index < -0.39 is 0 Å². The van der Waals surface area contributed by atoms with Crippen molar-refractivity contribution >= 4 is 61.2 Å². The van der Waals surface area contributed by atoms with E-state index in [9.17, 15) is 9.59 Å². The van der Waals surface area contributed by atoms with Crippen molar-refractivity contribution in [3.8, 4) is 0 Å². The van der Waals surface area contributed by atoms with Gasteiger partial charge in [0.15, 0.2) is 0 Å². The van der Waals surface area contributed by atoms with Crippen molar-refractivity contribution in [1.82, 2.24) is 0 Å². The van der Waals surface area contributed by atoms with E-state index in [0.717, 1.165) is 46.9 Å². The number of halogens is 1. The van der Waals surface area contributed by atoms with Gasteiger partial charge in [-0.1, -0.05) is 37.1 Å². The second-order valence-electron chi connectivity index (χ2n) is 7.64. The average molecular weight is 462 g/mol. The molecule has 1 aliphatic rings. The maximum atomic E-state index is 13.1. The van der Waals surface area contributed by atoms with Gasteiger partial charge < -0.3 is 10.1 Å². The summed E-state index contributed by atoms with van der Waals surface area (Å²) >= 11 is 9.40. The Morgan fingerprint density at radius 3 is 2.80 bits per heavy atom. The first kappa shape index (κ1) is 21.3. The summed E-state index contributed by atoms with van der Waals surface area (Å²) < 4.78 is 6.29. The Balaban J connectivity index is 1.70. The monoisotopic (exact) mass is 461 g/mol. The van der Waals surface area contributed by atoms with Crippen molar-refractivity contribution in [3.05, 3.63) is 49.7 Å². The summed E-state index contributed by atoms with van der Waals surface area (Å²) in [5, 5.41) is 4.88. The normalized spacial score (nSPS) is 15.8. The number of anilines is 1. The third-order valence-corrected chi connectivity index (χ3v) is 8.47. The maximum absolute atomic E-state index is 13.1. The quantitative estimate of drug-likeness (QED) is 0.422. The fourth-order valence-corrected chi connectivity index (χ4v) is 6.84. The summed E-state index contributed by atoms with van der Waals surface area (Å²) in [6.07, 6.45) is 3.96. The van der Waals surface area contributed by atoms with Crippen molar-refractivity contribution in [1.29, 1.82) is 0 Å². The molecule has 2 aromatic heterocycles. The number of amides is 1. The third-order valence-electron chi connectivity index (χ3n) is 5.64. The topological polar surface area (TPSA) is 55.4 Å².